The van der Waals surface area contributed by atoms with Crippen LogP contribution >= 0.6 is 0 Å². The maximum Gasteiger partial charge on any atom is 0.434 e. The number of para-hydroxylation sites is 1. The summed E-state index contributed by atoms with van der Waals surface area (Å²) in [6.07, 6.45) is 2.49. The summed E-state index contributed by atoms with van der Waals surface area (Å²) < 4.78 is 6.63. The molecule has 2 rings (SSSR count). The van der Waals surface area contributed by atoms with Gasteiger partial charge in [-0.1, -0.05) is 18.2 Å². The molecule has 0 aliphatic heterocycles. The van der Waals surface area contributed by atoms with Crippen molar-refractivity contribution in [3.05, 3.63) is 54.1 Å². The third kappa shape index (κ3) is 3.77. The smallest absolute Gasteiger partial charge is 0.434 e. The van der Waals surface area contributed by atoms with Crippen LogP contribution in [0.3, 0.4) is 0 Å². The average molecular weight is 257 g/mol. The first-order valence-corrected chi connectivity index (χ1v) is 6.01. The molecule has 19 heavy (non-hydrogen) atoms. The van der Waals surface area contributed by atoms with E-state index in [1.807, 2.05) is 30.3 Å². The molecule has 1 amide bonds. The van der Waals surface area contributed by atoms with Crippen molar-refractivity contribution in [2.75, 3.05) is 0 Å². The zero-order valence-electron chi connectivity index (χ0n) is 10.9. The Kier molecular flexibility index (Phi) is 4.07. The van der Waals surface area contributed by atoms with Gasteiger partial charge in [-0.05, 0) is 32.0 Å². The summed E-state index contributed by atoms with van der Waals surface area (Å²) in [5, 5.41) is 4.67. The highest BCUT2D eigenvalue weighted by molar-refractivity contribution is 5.68. The van der Waals surface area contributed by atoms with Crippen molar-refractivity contribution in [1.82, 2.24) is 9.78 Å². The predicted molar refractivity (Wildman–Crippen MR) is 70.7 cm³/mol. The molecular formula is C14H15N3O2. The van der Waals surface area contributed by atoms with Gasteiger partial charge in [0.2, 0.25) is 0 Å². The number of carbonyl (C=O) groups excluding carboxylic acids is 1. The van der Waals surface area contributed by atoms with Gasteiger partial charge in [0.1, 0.15) is 0 Å². The van der Waals surface area contributed by atoms with E-state index in [0.717, 1.165) is 5.69 Å². The van der Waals surface area contributed by atoms with Crippen LogP contribution in [0, 0.1) is 0 Å². The molecule has 0 spiro atoms. The van der Waals surface area contributed by atoms with Gasteiger partial charge in [0.05, 0.1) is 23.3 Å². The number of benzene rings is 1. The number of hydrogen-bond acceptors (Lipinski definition) is 3. The van der Waals surface area contributed by atoms with Crippen molar-refractivity contribution < 1.29 is 9.53 Å². The molecule has 5 nitrogen and oxygen atoms in total. The highest BCUT2D eigenvalue weighted by Gasteiger charge is 2.01. The van der Waals surface area contributed by atoms with Gasteiger partial charge in [0.15, 0.2) is 0 Å². The Bertz CT molecular complexity index is 598. The van der Waals surface area contributed by atoms with Crippen molar-refractivity contribution >= 4 is 6.09 Å². The van der Waals surface area contributed by atoms with E-state index >= 15 is 0 Å². The largest absolute Gasteiger partial charge is 0.445 e. The Hall–Kier alpha value is -2.43. The Morgan fingerprint density at radius 1 is 1.26 bits per heavy atom. The maximum absolute atomic E-state index is 11.4. The zero-order valence-corrected chi connectivity index (χ0v) is 10.9. The van der Waals surface area contributed by atoms with Crippen LogP contribution in [0.25, 0.3) is 5.69 Å². The Balaban J connectivity index is 2.19. The molecule has 2 aromatic rings. The van der Waals surface area contributed by atoms with Crippen LogP contribution < -0.4 is 5.36 Å². The van der Waals surface area contributed by atoms with Gasteiger partial charge in [0, 0.05) is 6.20 Å². The SMILES string of the molecule is CC(C)OC(=O)N=c1ccn(-c2ccccc2)nc1. The molecular weight excluding hydrogens is 242 g/mol. The second-order valence-electron chi connectivity index (χ2n) is 4.21. The van der Waals surface area contributed by atoms with Crippen LogP contribution in [0.5, 0.6) is 0 Å². The summed E-state index contributed by atoms with van der Waals surface area (Å²) in [4.78, 5) is 15.2. The Labute approximate surface area is 111 Å². The molecule has 1 aromatic heterocycles. The number of amides is 1. The van der Waals surface area contributed by atoms with E-state index in [4.69, 9.17) is 4.74 Å². The highest BCUT2D eigenvalue weighted by Crippen LogP contribution is 2.02. The fourth-order valence-corrected chi connectivity index (χ4v) is 1.48. The second-order valence-corrected chi connectivity index (χ2v) is 4.21. The summed E-state index contributed by atoms with van der Waals surface area (Å²) in [7, 11) is 0. The second kappa shape index (κ2) is 5.95. The number of ether oxygens (including phenoxy) is 1. The lowest BCUT2D eigenvalue weighted by Gasteiger charge is -2.04. The van der Waals surface area contributed by atoms with Crippen molar-refractivity contribution in [3.8, 4) is 5.69 Å². The van der Waals surface area contributed by atoms with E-state index in [1.165, 1.54) is 6.20 Å². The first kappa shape index (κ1) is 13.0. The van der Waals surface area contributed by atoms with Crippen LogP contribution in [0.15, 0.2) is 53.8 Å². The lowest BCUT2D eigenvalue weighted by molar-refractivity contribution is 0.125. The molecule has 98 valence electrons. The molecule has 0 N–H and O–H groups in total. The minimum absolute atomic E-state index is 0.179. The van der Waals surface area contributed by atoms with Crippen LogP contribution in [0.4, 0.5) is 4.79 Å². The molecule has 0 aliphatic rings. The Morgan fingerprint density at radius 2 is 2.00 bits per heavy atom. The molecule has 0 saturated carbocycles. The molecule has 5 heteroatoms. The van der Waals surface area contributed by atoms with E-state index in [1.54, 1.807) is 30.8 Å². The molecule has 0 unspecified atom stereocenters. The third-order valence-corrected chi connectivity index (χ3v) is 2.28. The topological polar surface area (TPSA) is 56.5 Å². The first-order valence-electron chi connectivity index (χ1n) is 6.01. The monoisotopic (exact) mass is 257 g/mol. The zero-order chi connectivity index (χ0) is 13.7. The van der Waals surface area contributed by atoms with Crippen molar-refractivity contribution in [2.45, 2.75) is 20.0 Å². The number of carbonyl (C=O) groups is 1. The predicted octanol–water partition coefficient (Wildman–Crippen LogP) is 2.32. The molecule has 0 aliphatic carbocycles. The summed E-state index contributed by atoms with van der Waals surface area (Å²) in [5.41, 5.74) is 0.943. The van der Waals surface area contributed by atoms with Crippen LogP contribution in [0.1, 0.15) is 13.8 Å². The average Bonchev–Trinajstić information content (AvgIpc) is 2.39. The molecule has 0 saturated heterocycles. The minimum atomic E-state index is -0.603. The fourth-order valence-electron chi connectivity index (χ4n) is 1.48. The molecule has 0 bridgehead atoms. The molecule has 0 atom stereocenters. The lowest BCUT2D eigenvalue weighted by atomic mass is 10.3. The van der Waals surface area contributed by atoms with Gasteiger partial charge < -0.3 is 4.74 Å². The van der Waals surface area contributed by atoms with Gasteiger partial charge in [-0.15, -0.1) is 0 Å². The molecule has 1 aromatic carbocycles. The van der Waals surface area contributed by atoms with Crippen LogP contribution in [-0.4, -0.2) is 22.0 Å². The van der Waals surface area contributed by atoms with E-state index < -0.39 is 6.09 Å². The first-order chi connectivity index (χ1) is 9.15. The summed E-state index contributed by atoms with van der Waals surface area (Å²) in [5.74, 6) is 0. The number of hydrogen-bond donors (Lipinski definition) is 0. The summed E-state index contributed by atoms with van der Waals surface area (Å²) >= 11 is 0. The van der Waals surface area contributed by atoms with E-state index in [2.05, 4.69) is 10.1 Å². The number of nitrogens with zero attached hydrogens (tertiary/aromatic N) is 3. The summed E-state index contributed by atoms with van der Waals surface area (Å²) in [6, 6.07) is 11.4. The van der Waals surface area contributed by atoms with Gasteiger partial charge in [-0.25, -0.2) is 9.48 Å². The van der Waals surface area contributed by atoms with Crippen LogP contribution in [0.2, 0.25) is 0 Å². The van der Waals surface area contributed by atoms with Crippen molar-refractivity contribution in [1.29, 1.82) is 0 Å². The maximum atomic E-state index is 11.4. The highest BCUT2D eigenvalue weighted by atomic mass is 16.6. The van der Waals surface area contributed by atoms with Gasteiger partial charge in [-0.2, -0.15) is 10.1 Å². The van der Waals surface area contributed by atoms with Gasteiger partial charge >= 0.3 is 6.09 Å². The molecule has 0 radical (unpaired) electrons. The Morgan fingerprint density at radius 3 is 2.58 bits per heavy atom. The fraction of sp³-hybridized carbons (Fsp3) is 0.214. The van der Waals surface area contributed by atoms with Crippen molar-refractivity contribution in [2.24, 2.45) is 4.99 Å². The van der Waals surface area contributed by atoms with E-state index in [-0.39, 0.29) is 6.10 Å². The van der Waals surface area contributed by atoms with E-state index in [0.29, 0.717) is 5.36 Å². The number of aromatic nitrogens is 2. The van der Waals surface area contributed by atoms with E-state index in [9.17, 15) is 4.79 Å². The lowest BCUT2D eigenvalue weighted by Crippen LogP contribution is -2.14. The molecule has 0 fully saturated rings. The minimum Gasteiger partial charge on any atom is -0.445 e. The van der Waals surface area contributed by atoms with Gasteiger partial charge in [0.25, 0.3) is 0 Å². The van der Waals surface area contributed by atoms with Gasteiger partial charge in [-0.3, -0.25) is 0 Å². The number of rotatable bonds is 2. The normalized spacial score (nSPS) is 11.6. The van der Waals surface area contributed by atoms with Crippen molar-refractivity contribution in [3.63, 3.8) is 0 Å². The third-order valence-electron chi connectivity index (χ3n) is 2.28. The summed E-state index contributed by atoms with van der Waals surface area (Å²) in [6.45, 7) is 3.56. The standard InChI is InChI=1S/C14H15N3O2/c1-11(2)19-14(18)16-12-8-9-17(15-10-12)13-6-4-3-5-7-13/h3-11H,1-2H3. The quantitative estimate of drug-likeness (QED) is 0.829. The van der Waals surface area contributed by atoms with Crippen LogP contribution in [-0.2, 0) is 4.74 Å². The molecule has 1 heterocycles.